The maximum atomic E-state index is 10.8. The summed E-state index contributed by atoms with van der Waals surface area (Å²) >= 11 is 0. The van der Waals surface area contributed by atoms with Gasteiger partial charge in [-0.05, 0) is 26.3 Å². The van der Waals surface area contributed by atoms with E-state index in [4.69, 9.17) is 6.58 Å². The first-order valence-corrected chi connectivity index (χ1v) is 3.09. The molecule has 0 bridgehead atoms. The molecule has 0 fully saturated rings. The van der Waals surface area contributed by atoms with Gasteiger partial charge in [0.1, 0.15) is 0 Å². The van der Waals surface area contributed by atoms with E-state index < -0.39 is 0 Å². The molecule has 0 spiro atoms. The Hall–Kier alpha value is 0.314. The van der Waals surface area contributed by atoms with Gasteiger partial charge in [0.25, 0.3) is 0 Å². The summed E-state index contributed by atoms with van der Waals surface area (Å²) in [6, 6.07) is 0. The Morgan fingerprint density at radius 3 is 1.92 bits per heavy atom. The maximum Gasteiger partial charge on any atom is 3.00 e. The fraction of sp³-hybridized carbons (Fsp3) is 0.444. The molecule has 2 nitrogen and oxygen atoms in total. The summed E-state index contributed by atoms with van der Waals surface area (Å²) in [5, 5.41) is 0. The molecule has 0 unspecified atom stereocenters. The Balaban J connectivity index is -0.000000405. The molecule has 66 valence electrons. The molecule has 0 aromatic heterocycles. The van der Waals surface area contributed by atoms with Crippen LogP contribution in [-0.4, -0.2) is 16.3 Å². The van der Waals surface area contributed by atoms with E-state index >= 15 is 0 Å². The summed E-state index contributed by atoms with van der Waals surface area (Å²) in [7, 11) is 3.55. The largest absolute Gasteiger partial charge is 3.00 e. The van der Waals surface area contributed by atoms with E-state index in [0.29, 0.717) is 0 Å². The van der Waals surface area contributed by atoms with Crippen LogP contribution in [0.25, 0.3) is 0 Å². The molecule has 0 radical (unpaired) electrons. The molecule has 0 aromatic rings. The molecule has 0 aliphatic heterocycles. The van der Waals surface area contributed by atoms with Crippen LogP contribution in [0, 0.1) is 21.1 Å². The zero-order valence-corrected chi connectivity index (χ0v) is 11.1. The molecule has 0 aliphatic carbocycles. The van der Waals surface area contributed by atoms with Gasteiger partial charge in [-0.3, -0.25) is 13.6 Å². The van der Waals surface area contributed by atoms with Crippen LogP contribution in [0.3, 0.4) is 0 Å². The number of hydrogen-bond acceptors (Lipinski definition) is 1. The van der Waals surface area contributed by atoms with Crippen LogP contribution in [0.1, 0.15) is 20.8 Å². The summed E-state index contributed by atoms with van der Waals surface area (Å²) in [6.07, 6.45) is 1.01. The molecule has 0 saturated heterocycles. The third-order valence-electron chi connectivity index (χ3n) is 1.22. The van der Waals surface area contributed by atoms with Crippen molar-refractivity contribution in [3.05, 3.63) is 27.1 Å². The Bertz CT molecular complexity index is 149. The van der Waals surface area contributed by atoms with Crippen molar-refractivity contribution in [3.8, 4) is 0 Å². The molecule has 0 rings (SSSR count). The SMILES string of the molecule is [CH-]=CC(=O)N([CH2-])C(C)(C)C.[CH3-].[Y+3]. The van der Waals surface area contributed by atoms with Gasteiger partial charge in [-0.2, -0.15) is 6.08 Å². The number of carbonyl (C=O) groups is 1. The van der Waals surface area contributed by atoms with Crippen LogP contribution in [-0.2, 0) is 37.5 Å². The van der Waals surface area contributed by atoms with Crippen molar-refractivity contribution in [1.82, 2.24) is 4.90 Å². The third kappa shape index (κ3) is 5.90. The first kappa shape index (κ1) is 18.2. The van der Waals surface area contributed by atoms with E-state index in [1.807, 2.05) is 20.8 Å². The van der Waals surface area contributed by atoms with E-state index in [2.05, 4.69) is 7.05 Å². The molecule has 3 heteroatoms. The minimum atomic E-state index is -0.257. The molecule has 0 aliphatic rings. The van der Waals surface area contributed by atoms with Gasteiger partial charge in [0.05, 0.1) is 5.91 Å². The molecule has 0 heterocycles. The molecule has 0 atom stereocenters. The molecular formula is C9H16NOY. The first-order valence-electron chi connectivity index (χ1n) is 3.09. The predicted octanol–water partition coefficient (Wildman–Crippen LogP) is 1.84. The van der Waals surface area contributed by atoms with Crippen molar-refractivity contribution < 1.29 is 37.5 Å². The van der Waals surface area contributed by atoms with E-state index in [-0.39, 0.29) is 51.6 Å². The van der Waals surface area contributed by atoms with Gasteiger partial charge in [0.15, 0.2) is 0 Å². The third-order valence-corrected chi connectivity index (χ3v) is 1.22. The maximum absolute atomic E-state index is 10.8. The van der Waals surface area contributed by atoms with Gasteiger partial charge < -0.3 is 17.1 Å². The molecule has 1 amide bonds. The summed E-state index contributed by atoms with van der Waals surface area (Å²) in [6.45, 7) is 10.7. The number of amides is 1. The Kier molecular flexibility index (Phi) is 10.3. The number of rotatable bonds is 1. The predicted molar refractivity (Wildman–Crippen MR) is 47.2 cm³/mol. The van der Waals surface area contributed by atoms with E-state index in [0.717, 1.165) is 6.08 Å². The fourth-order valence-electron chi connectivity index (χ4n) is 0.421. The Morgan fingerprint density at radius 2 is 1.83 bits per heavy atom. The van der Waals surface area contributed by atoms with Crippen molar-refractivity contribution in [2.24, 2.45) is 0 Å². The standard InChI is InChI=1S/C8H13NO.CH3.Y/c1-6-7(10)9(5)8(2,3)4;;/h1,6H,5H2,2-4H3;1H3;/q-2;-1;+3. The summed E-state index contributed by atoms with van der Waals surface area (Å²) in [4.78, 5) is 12.2. The molecule has 0 N–H and O–H groups in total. The van der Waals surface area contributed by atoms with Gasteiger partial charge in [0, 0.05) is 0 Å². The number of nitrogens with zero attached hydrogens (tertiary/aromatic N) is 1. The van der Waals surface area contributed by atoms with E-state index in [1.165, 1.54) is 4.90 Å². The second kappa shape index (κ2) is 6.79. The van der Waals surface area contributed by atoms with Crippen LogP contribution >= 0.6 is 0 Å². The van der Waals surface area contributed by atoms with Crippen LogP contribution < -0.4 is 0 Å². The molecule has 12 heavy (non-hydrogen) atoms. The number of hydrogen-bond donors (Lipinski definition) is 0. The van der Waals surface area contributed by atoms with Crippen molar-refractivity contribution in [3.63, 3.8) is 0 Å². The smallest absolute Gasteiger partial charge is 0.567 e. The van der Waals surface area contributed by atoms with Gasteiger partial charge in [-0.15, -0.1) is 0 Å². The summed E-state index contributed by atoms with van der Waals surface area (Å²) in [5.74, 6) is -0.257. The van der Waals surface area contributed by atoms with Crippen molar-refractivity contribution in [1.29, 1.82) is 0 Å². The van der Waals surface area contributed by atoms with Crippen LogP contribution in [0.4, 0.5) is 0 Å². The van der Waals surface area contributed by atoms with Crippen LogP contribution in [0.15, 0.2) is 6.08 Å². The van der Waals surface area contributed by atoms with Crippen molar-refractivity contribution in [2.45, 2.75) is 26.3 Å². The quantitative estimate of drug-likeness (QED) is 0.508. The topological polar surface area (TPSA) is 20.3 Å². The molecular weight excluding hydrogens is 227 g/mol. The Labute approximate surface area is 101 Å². The zero-order valence-electron chi connectivity index (χ0n) is 8.29. The molecule has 0 saturated carbocycles. The average Bonchev–Trinajstić information content (AvgIpc) is 1.83. The first-order chi connectivity index (χ1) is 4.39. The van der Waals surface area contributed by atoms with Gasteiger partial charge in [-0.25, -0.2) is 0 Å². The monoisotopic (exact) mass is 243 g/mol. The van der Waals surface area contributed by atoms with E-state index in [1.54, 1.807) is 0 Å². The van der Waals surface area contributed by atoms with Gasteiger partial charge >= 0.3 is 32.7 Å². The normalized spacial score (nSPS) is 9.00. The second-order valence-corrected chi connectivity index (χ2v) is 3.10. The Morgan fingerprint density at radius 1 is 1.50 bits per heavy atom. The average molecular weight is 243 g/mol. The number of carbonyl (C=O) groups excluding carboxylic acids is 1. The summed E-state index contributed by atoms with van der Waals surface area (Å²) < 4.78 is 0. The fourth-order valence-corrected chi connectivity index (χ4v) is 0.421. The zero-order chi connectivity index (χ0) is 8.36. The van der Waals surface area contributed by atoms with E-state index in [9.17, 15) is 4.79 Å². The minimum Gasteiger partial charge on any atom is -0.567 e. The second-order valence-electron chi connectivity index (χ2n) is 3.10. The molecule has 0 aromatic carbocycles. The summed E-state index contributed by atoms with van der Waals surface area (Å²) in [5.41, 5.74) is -0.257. The van der Waals surface area contributed by atoms with Gasteiger partial charge in [0.2, 0.25) is 0 Å². The van der Waals surface area contributed by atoms with Gasteiger partial charge in [-0.1, -0.05) is 0 Å². The van der Waals surface area contributed by atoms with Crippen molar-refractivity contribution in [2.75, 3.05) is 0 Å². The van der Waals surface area contributed by atoms with Crippen molar-refractivity contribution >= 4 is 5.91 Å². The van der Waals surface area contributed by atoms with Crippen LogP contribution in [0.2, 0.25) is 0 Å². The minimum absolute atomic E-state index is 0. The van der Waals surface area contributed by atoms with Crippen LogP contribution in [0.5, 0.6) is 0 Å².